The lowest BCUT2D eigenvalue weighted by molar-refractivity contribution is -0.286. The molecule has 0 atom stereocenters. The summed E-state index contributed by atoms with van der Waals surface area (Å²) in [6.07, 6.45) is -3.59. The molecule has 104 valence electrons. The summed E-state index contributed by atoms with van der Waals surface area (Å²) in [7, 11) is 0. The van der Waals surface area contributed by atoms with Crippen LogP contribution in [0.2, 0.25) is 0 Å². The Morgan fingerprint density at radius 2 is 1.80 bits per heavy atom. The first-order chi connectivity index (χ1) is 9.53. The maximum atomic E-state index is 12.9. The number of nitrogens with two attached hydrogens (primary N) is 1. The van der Waals surface area contributed by atoms with Crippen LogP contribution in [0, 0.1) is 0 Å². The van der Waals surface area contributed by atoms with Crippen LogP contribution >= 0.6 is 0 Å². The number of halogens is 2. The van der Waals surface area contributed by atoms with Crippen LogP contribution in [0.4, 0.5) is 20.2 Å². The van der Waals surface area contributed by atoms with Gasteiger partial charge in [0.05, 0.1) is 0 Å². The summed E-state index contributed by atoms with van der Waals surface area (Å²) < 4.78 is 34.5. The zero-order chi connectivity index (χ0) is 14.2. The number of fused-ring (bicyclic) bond motifs is 1. The highest BCUT2D eigenvalue weighted by atomic mass is 19.3. The molecule has 0 bridgehead atoms. The van der Waals surface area contributed by atoms with Crippen molar-refractivity contribution in [2.75, 3.05) is 11.1 Å². The Balaban J connectivity index is 1.73. The molecule has 0 aliphatic carbocycles. The van der Waals surface area contributed by atoms with E-state index < -0.39 is 6.29 Å². The summed E-state index contributed by atoms with van der Waals surface area (Å²) in [6, 6.07) is 12.0. The molecule has 0 spiro atoms. The third-order valence-corrected chi connectivity index (χ3v) is 2.94. The Bertz CT molecular complexity index is 647. The van der Waals surface area contributed by atoms with Crippen molar-refractivity contribution < 1.29 is 18.3 Å². The van der Waals surface area contributed by atoms with E-state index in [1.54, 1.807) is 12.1 Å². The summed E-state index contributed by atoms with van der Waals surface area (Å²) in [5.41, 5.74) is 8.07. The Hall–Kier alpha value is -2.50. The van der Waals surface area contributed by atoms with Gasteiger partial charge in [-0.3, -0.25) is 0 Å². The van der Waals surface area contributed by atoms with E-state index in [0.29, 0.717) is 17.9 Å². The average molecular weight is 278 g/mol. The van der Waals surface area contributed by atoms with Gasteiger partial charge in [-0.15, -0.1) is 8.78 Å². The molecule has 2 aromatic rings. The van der Waals surface area contributed by atoms with Crippen LogP contribution in [-0.4, -0.2) is 6.29 Å². The van der Waals surface area contributed by atoms with Gasteiger partial charge in [0.1, 0.15) is 0 Å². The van der Waals surface area contributed by atoms with E-state index in [-0.39, 0.29) is 11.5 Å². The molecule has 1 aliphatic rings. The van der Waals surface area contributed by atoms with Crippen molar-refractivity contribution in [1.82, 2.24) is 0 Å². The van der Waals surface area contributed by atoms with Crippen LogP contribution in [0.15, 0.2) is 42.5 Å². The number of hydrogen-bond acceptors (Lipinski definition) is 4. The summed E-state index contributed by atoms with van der Waals surface area (Å²) in [4.78, 5) is 0. The quantitative estimate of drug-likeness (QED) is 0.846. The smallest absolute Gasteiger partial charge is 0.398 e. The summed E-state index contributed by atoms with van der Waals surface area (Å²) in [5.74, 6) is 0.0424. The topological polar surface area (TPSA) is 56.5 Å². The van der Waals surface area contributed by atoms with Crippen molar-refractivity contribution in [3.8, 4) is 11.5 Å². The average Bonchev–Trinajstić information content (AvgIpc) is 2.71. The molecule has 0 aromatic heterocycles. The Morgan fingerprint density at radius 3 is 2.60 bits per heavy atom. The van der Waals surface area contributed by atoms with E-state index in [2.05, 4.69) is 14.8 Å². The minimum absolute atomic E-state index is 0.0148. The first-order valence-corrected chi connectivity index (χ1v) is 6.01. The molecular weight excluding hydrogens is 266 g/mol. The van der Waals surface area contributed by atoms with E-state index >= 15 is 0 Å². The van der Waals surface area contributed by atoms with Crippen LogP contribution in [0.5, 0.6) is 11.5 Å². The van der Waals surface area contributed by atoms with Gasteiger partial charge in [0.25, 0.3) is 0 Å². The first-order valence-electron chi connectivity index (χ1n) is 6.01. The van der Waals surface area contributed by atoms with Gasteiger partial charge < -0.3 is 20.5 Å². The Morgan fingerprint density at radius 1 is 1.05 bits per heavy atom. The van der Waals surface area contributed by atoms with Crippen molar-refractivity contribution in [2.24, 2.45) is 0 Å². The molecule has 4 nitrogen and oxygen atoms in total. The number of hydrogen-bond donors (Lipinski definition) is 2. The summed E-state index contributed by atoms with van der Waals surface area (Å²) >= 11 is 0. The predicted molar refractivity (Wildman–Crippen MR) is 70.8 cm³/mol. The molecule has 6 heteroatoms. The minimum Gasteiger partial charge on any atom is -0.398 e. The molecule has 3 rings (SSSR count). The van der Waals surface area contributed by atoms with Crippen molar-refractivity contribution in [3.05, 3.63) is 48.0 Å². The predicted octanol–water partition coefficient (Wildman–Crippen LogP) is 3.20. The zero-order valence-electron chi connectivity index (χ0n) is 10.4. The van der Waals surface area contributed by atoms with E-state index in [4.69, 9.17) is 5.73 Å². The highest BCUT2D eigenvalue weighted by Gasteiger charge is 2.43. The van der Waals surface area contributed by atoms with E-state index in [9.17, 15) is 8.78 Å². The summed E-state index contributed by atoms with van der Waals surface area (Å²) in [5, 5.41) is 3.10. The number of alkyl halides is 2. The normalized spacial score (nSPS) is 15.1. The lowest BCUT2D eigenvalue weighted by Crippen LogP contribution is -2.25. The Labute approximate surface area is 114 Å². The van der Waals surface area contributed by atoms with Crippen LogP contribution < -0.4 is 20.5 Å². The van der Waals surface area contributed by atoms with Crippen molar-refractivity contribution >= 4 is 11.4 Å². The van der Waals surface area contributed by atoms with Gasteiger partial charge >= 0.3 is 6.29 Å². The monoisotopic (exact) mass is 278 g/mol. The van der Waals surface area contributed by atoms with Crippen molar-refractivity contribution in [1.29, 1.82) is 0 Å². The second kappa shape index (κ2) is 4.56. The van der Waals surface area contributed by atoms with Gasteiger partial charge in [0, 0.05) is 24.0 Å². The second-order valence-electron chi connectivity index (χ2n) is 4.38. The molecule has 3 N–H and O–H groups in total. The second-order valence-corrected chi connectivity index (χ2v) is 4.38. The molecule has 0 unspecified atom stereocenters. The largest absolute Gasteiger partial charge is 0.586 e. The van der Waals surface area contributed by atoms with Gasteiger partial charge in [0.2, 0.25) is 0 Å². The fourth-order valence-electron chi connectivity index (χ4n) is 1.95. The van der Waals surface area contributed by atoms with E-state index in [1.165, 1.54) is 12.1 Å². The number of nitrogens with one attached hydrogen (secondary N) is 1. The standard InChI is InChI=1S/C14H12F2N2O2/c15-14(16)19-12-6-5-10(7-13(12)20-14)18-8-9-3-1-2-4-11(9)17/h1-7,18H,8,17H2. The minimum atomic E-state index is -3.59. The summed E-state index contributed by atoms with van der Waals surface area (Å²) in [6.45, 7) is 0.489. The van der Waals surface area contributed by atoms with Gasteiger partial charge in [-0.1, -0.05) is 18.2 Å². The van der Waals surface area contributed by atoms with Crippen molar-refractivity contribution in [3.63, 3.8) is 0 Å². The zero-order valence-corrected chi connectivity index (χ0v) is 10.4. The van der Waals surface area contributed by atoms with Crippen LogP contribution in [-0.2, 0) is 6.54 Å². The molecule has 0 saturated carbocycles. The van der Waals surface area contributed by atoms with Crippen LogP contribution in [0.25, 0.3) is 0 Å². The molecule has 20 heavy (non-hydrogen) atoms. The maximum Gasteiger partial charge on any atom is 0.586 e. The lowest BCUT2D eigenvalue weighted by atomic mass is 10.2. The number of ether oxygens (including phenoxy) is 2. The molecule has 0 saturated heterocycles. The number of anilines is 2. The molecule has 1 aliphatic heterocycles. The third kappa shape index (κ3) is 2.45. The molecule has 0 amide bonds. The Kier molecular flexibility index (Phi) is 2.85. The van der Waals surface area contributed by atoms with E-state index in [1.807, 2.05) is 18.2 Å². The van der Waals surface area contributed by atoms with Crippen molar-refractivity contribution in [2.45, 2.75) is 12.8 Å². The van der Waals surface area contributed by atoms with Gasteiger partial charge in [-0.25, -0.2) is 0 Å². The number of benzene rings is 2. The molecular formula is C14H12F2N2O2. The fraction of sp³-hybridized carbons (Fsp3) is 0.143. The van der Waals surface area contributed by atoms with Gasteiger partial charge in [0.15, 0.2) is 11.5 Å². The number of para-hydroxylation sites is 1. The van der Waals surface area contributed by atoms with E-state index in [0.717, 1.165) is 5.56 Å². The fourth-order valence-corrected chi connectivity index (χ4v) is 1.95. The van der Waals surface area contributed by atoms with Crippen LogP contribution in [0.3, 0.4) is 0 Å². The number of rotatable bonds is 3. The molecule has 0 fully saturated rings. The molecule has 2 aromatic carbocycles. The van der Waals surface area contributed by atoms with Crippen LogP contribution in [0.1, 0.15) is 5.56 Å². The third-order valence-electron chi connectivity index (χ3n) is 2.94. The van der Waals surface area contributed by atoms with Gasteiger partial charge in [-0.05, 0) is 23.8 Å². The number of nitrogen functional groups attached to an aromatic ring is 1. The highest BCUT2D eigenvalue weighted by Crippen LogP contribution is 2.42. The van der Waals surface area contributed by atoms with Gasteiger partial charge in [-0.2, -0.15) is 0 Å². The maximum absolute atomic E-state index is 12.9. The molecule has 0 radical (unpaired) electrons. The highest BCUT2D eigenvalue weighted by molar-refractivity contribution is 5.57. The first kappa shape index (κ1) is 12.5. The molecule has 1 heterocycles. The SMILES string of the molecule is Nc1ccccc1CNc1ccc2c(c1)OC(F)(F)O2. The lowest BCUT2D eigenvalue weighted by Gasteiger charge is -2.09.